The normalized spacial score (nSPS) is 19.1. The standard InChI is InChI=1S/C10H20IN3O/c1-12-5-2-6-13-10(15)9-3-7-14(11)8-4-9/h9,12H,2-8H2,1H3,(H,13,15). The topological polar surface area (TPSA) is 44.4 Å². The second-order valence-corrected chi connectivity index (χ2v) is 5.30. The molecule has 1 aliphatic rings. The number of nitrogens with one attached hydrogen (secondary N) is 2. The maximum atomic E-state index is 11.7. The van der Waals surface area contributed by atoms with Crippen molar-refractivity contribution in [2.75, 3.05) is 33.2 Å². The van der Waals surface area contributed by atoms with Gasteiger partial charge in [-0.3, -0.25) is 4.79 Å². The fraction of sp³-hybridized carbons (Fsp3) is 0.900. The number of hydrogen-bond acceptors (Lipinski definition) is 3. The van der Waals surface area contributed by atoms with Gasteiger partial charge in [-0.05, 0) is 32.9 Å². The van der Waals surface area contributed by atoms with Crippen LogP contribution in [-0.2, 0) is 4.79 Å². The molecule has 0 saturated carbocycles. The molecule has 2 N–H and O–H groups in total. The Morgan fingerprint density at radius 3 is 2.67 bits per heavy atom. The molecular formula is C10H20IN3O. The van der Waals surface area contributed by atoms with Gasteiger partial charge in [0.05, 0.1) is 0 Å². The summed E-state index contributed by atoms with van der Waals surface area (Å²) < 4.78 is 2.25. The van der Waals surface area contributed by atoms with Crippen molar-refractivity contribution in [1.29, 1.82) is 0 Å². The van der Waals surface area contributed by atoms with E-state index in [0.717, 1.165) is 45.4 Å². The lowest BCUT2D eigenvalue weighted by atomic mass is 9.97. The monoisotopic (exact) mass is 325 g/mol. The number of halogens is 1. The molecule has 0 bridgehead atoms. The Morgan fingerprint density at radius 2 is 2.07 bits per heavy atom. The van der Waals surface area contributed by atoms with E-state index in [1.54, 1.807) is 0 Å². The van der Waals surface area contributed by atoms with Crippen LogP contribution in [0.15, 0.2) is 0 Å². The van der Waals surface area contributed by atoms with Gasteiger partial charge in [-0.15, -0.1) is 0 Å². The number of nitrogens with zero attached hydrogens (tertiary/aromatic N) is 1. The van der Waals surface area contributed by atoms with E-state index in [2.05, 4.69) is 36.6 Å². The molecule has 0 aromatic rings. The first-order chi connectivity index (χ1) is 7.24. The summed E-state index contributed by atoms with van der Waals surface area (Å²) in [6.45, 7) is 3.83. The minimum atomic E-state index is 0.241. The second-order valence-electron chi connectivity index (χ2n) is 3.93. The second kappa shape index (κ2) is 7.40. The SMILES string of the molecule is CNCCCNC(=O)C1CCN(I)CC1. The fourth-order valence-electron chi connectivity index (χ4n) is 1.73. The highest BCUT2D eigenvalue weighted by Gasteiger charge is 2.23. The van der Waals surface area contributed by atoms with Crippen LogP contribution in [0.3, 0.4) is 0 Å². The van der Waals surface area contributed by atoms with E-state index in [4.69, 9.17) is 0 Å². The van der Waals surface area contributed by atoms with Crippen LogP contribution in [0.1, 0.15) is 19.3 Å². The summed E-state index contributed by atoms with van der Waals surface area (Å²) in [6.07, 6.45) is 3.01. The van der Waals surface area contributed by atoms with Crippen LogP contribution in [0.5, 0.6) is 0 Å². The van der Waals surface area contributed by atoms with Gasteiger partial charge in [-0.25, -0.2) is 3.11 Å². The van der Waals surface area contributed by atoms with Crippen LogP contribution in [-0.4, -0.2) is 42.2 Å². The Kier molecular flexibility index (Phi) is 6.51. The zero-order valence-corrected chi connectivity index (χ0v) is 11.4. The molecule has 15 heavy (non-hydrogen) atoms. The highest BCUT2D eigenvalue weighted by molar-refractivity contribution is 14.1. The quantitative estimate of drug-likeness (QED) is 0.446. The fourth-order valence-corrected chi connectivity index (χ4v) is 2.29. The molecule has 88 valence electrons. The Morgan fingerprint density at radius 1 is 1.40 bits per heavy atom. The number of piperidine rings is 1. The van der Waals surface area contributed by atoms with Gasteiger partial charge < -0.3 is 10.6 Å². The molecular weight excluding hydrogens is 305 g/mol. The average molecular weight is 325 g/mol. The van der Waals surface area contributed by atoms with E-state index < -0.39 is 0 Å². The molecule has 4 nitrogen and oxygen atoms in total. The molecule has 1 rings (SSSR count). The lowest BCUT2D eigenvalue weighted by molar-refractivity contribution is -0.125. The van der Waals surface area contributed by atoms with E-state index >= 15 is 0 Å². The summed E-state index contributed by atoms with van der Waals surface area (Å²) in [6, 6.07) is 0. The van der Waals surface area contributed by atoms with Gasteiger partial charge in [-0.2, -0.15) is 0 Å². The third kappa shape index (κ3) is 5.12. The van der Waals surface area contributed by atoms with Gasteiger partial charge in [0.15, 0.2) is 0 Å². The van der Waals surface area contributed by atoms with Crippen LogP contribution in [0.25, 0.3) is 0 Å². The minimum absolute atomic E-state index is 0.241. The Bertz CT molecular complexity index is 193. The first-order valence-corrected chi connectivity index (χ1v) is 6.53. The van der Waals surface area contributed by atoms with Gasteiger partial charge in [-0.1, -0.05) is 0 Å². The van der Waals surface area contributed by atoms with Gasteiger partial charge >= 0.3 is 0 Å². The zero-order chi connectivity index (χ0) is 11.1. The number of hydrogen-bond donors (Lipinski definition) is 2. The average Bonchev–Trinajstić information content (AvgIpc) is 2.25. The lowest BCUT2D eigenvalue weighted by Crippen LogP contribution is -2.38. The predicted octanol–water partition coefficient (Wildman–Crippen LogP) is 0.774. The van der Waals surface area contributed by atoms with Crippen LogP contribution in [0.2, 0.25) is 0 Å². The van der Waals surface area contributed by atoms with Gasteiger partial charge in [0.25, 0.3) is 0 Å². The van der Waals surface area contributed by atoms with Gasteiger partial charge in [0, 0.05) is 48.4 Å². The number of amides is 1. The summed E-state index contributed by atoms with van der Waals surface area (Å²) in [4.78, 5) is 11.7. The van der Waals surface area contributed by atoms with E-state index in [1.807, 2.05) is 7.05 Å². The zero-order valence-electron chi connectivity index (χ0n) is 9.26. The molecule has 1 fully saturated rings. The molecule has 1 aliphatic heterocycles. The summed E-state index contributed by atoms with van der Waals surface area (Å²) in [5.41, 5.74) is 0. The van der Waals surface area contributed by atoms with E-state index in [1.165, 1.54) is 0 Å². The van der Waals surface area contributed by atoms with Gasteiger partial charge in [0.2, 0.25) is 5.91 Å². The first kappa shape index (κ1) is 13.2. The van der Waals surface area contributed by atoms with Crippen LogP contribution >= 0.6 is 22.9 Å². The van der Waals surface area contributed by atoms with Crippen LogP contribution in [0, 0.1) is 5.92 Å². The smallest absolute Gasteiger partial charge is 0.223 e. The number of rotatable bonds is 5. The summed E-state index contributed by atoms with van der Waals surface area (Å²) in [5, 5.41) is 6.07. The molecule has 0 atom stereocenters. The van der Waals surface area contributed by atoms with Crippen molar-refractivity contribution < 1.29 is 4.79 Å². The van der Waals surface area contributed by atoms with E-state index in [9.17, 15) is 4.79 Å². The minimum Gasteiger partial charge on any atom is -0.356 e. The van der Waals surface area contributed by atoms with Crippen LogP contribution < -0.4 is 10.6 Å². The Balaban J connectivity index is 2.11. The first-order valence-electron chi connectivity index (χ1n) is 5.57. The number of carbonyl (C=O) groups is 1. The van der Waals surface area contributed by atoms with Crippen molar-refractivity contribution in [1.82, 2.24) is 13.7 Å². The summed E-state index contributed by atoms with van der Waals surface area (Å²) in [5.74, 6) is 0.487. The highest BCUT2D eigenvalue weighted by Crippen LogP contribution is 2.19. The maximum Gasteiger partial charge on any atom is 0.223 e. The Hall–Kier alpha value is 0.120. The largest absolute Gasteiger partial charge is 0.356 e. The molecule has 1 saturated heterocycles. The Labute approximate surface area is 106 Å². The van der Waals surface area contributed by atoms with E-state index in [-0.39, 0.29) is 11.8 Å². The lowest BCUT2D eigenvalue weighted by Gasteiger charge is -2.26. The summed E-state index contributed by atoms with van der Waals surface area (Å²) in [7, 11) is 1.93. The van der Waals surface area contributed by atoms with Crippen molar-refractivity contribution in [3.05, 3.63) is 0 Å². The number of carbonyl (C=O) groups excluding carboxylic acids is 1. The molecule has 0 radical (unpaired) electrons. The molecule has 0 aromatic heterocycles. The molecule has 0 spiro atoms. The van der Waals surface area contributed by atoms with Crippen molar-refractivity contribution in [3.8, 4) is 0 Å². The highest BCUT2D eigenvalue weighted by atomic mass is 127. The molecule has 1 amide bonds. The van der Waals surface area contributed by atoms with E-state index in [0.29, 0.717) is 0 Å². The summed E-state index contributed by atoms with van der Waals surface area (Å²) >= 11 is 2.32. The maximum absolute atomic E-state index is 11.7. The predicted molar refractivity (Wildman–Crippen MR) is 69.9 cm³/mol. The molecule has 5 heteroatoms. The van der Waals surface area contributed by atoms with Crippen molar-refractivity contribution in [3.63, 3.8) is 0 Å². The molecule has 0 unspecified atom stereocenters. The van der Waals surface area contributed by atoms with Crippen molar-refractivity contribution >= 4 is 28.8 Å². The molecule has 0 aliphatic carbocycles. The van der Waals surface area contributed by atoms with Crippen molar-refractivity contribution in [2.45, 2.75) is 19.3 Å². The third-order valence-corrected chi connectivity index (χ3v) is 3.68. The van der Waals surface area contributed by atoms with Gasteiger partial charge in [0.1, 0.15) is 0 Å². The molecule has 1 heterocycles. The van der Waals surface area contributed by atoms with Crippen LogP contribution in [0.4, 0.5) is 0 Å². The van der Waals surface area contributed by atoms with Crippen molar-refractivity contribution in [2.24, 2.45) is 5.92 Å². The third-order valence-electron chi connectivity index (χ3n) is 2.71. The molecule has 0 aromatic carbocycles.